The molecule has 0 aromatic heterocycles. The Hall–Kier alpha value is -0.300. The molecule has 0 aliphatic carbocycles. The minimum Gasteiger partial charge on any atom is -0.320 e. The van der Waals surface area contributed by atoms with Crippen molar-refractivity contribution in [2.45, 2.75) is 19.8 Å². The second-order valence-electron chi connectivity index (χ2n) is 2.16. The average molecular weight is 113 g/mol. The molecule has 0 aromatic rings. The zero-order valence-electron chi connectivity index (χ0n) is 5.83. The lowest BCUT2D eigenvalue weighted by atomic mass is 10.2. The maximum absolute atomic E-state index is 3.80. The summed E-state index contributed by atoms with van der Waals surface area (Å²) in [5, 5.41) is 3.08. The predicted octanol–water partition coefficient (Wildman–Crippen LogP) is 1.56. The van der Waals surface area contributed by atoms with Gasteiger partial charge < -0.3 is 5.32 Å². The van der Waals surface area contributed by atoms with Crippen molar-refractivity contribution in [2.24, 2.45) is 0 Å². The average Bonchev–Trinajstić information content (AvgIpc) is 1.66. The molecule has 0 aliphatic rings. The van der Waals surface area contributed by atoms with Crippen molar-refractivity contribution in [1.82, 2.24) is 5.32 Å². The third-order valence-electron chi connectivity index (χ3n) is 1.03. The molecule has 0 saturated carbocycles. The van der Waals surface area contributed by atoms with Crippen LogP contribution in [0.25, 0.3) is 0 Å². The first kappa shape index (κ1) is 7.70. The fourth-order valence-corrected chi connectivity index (χ4v) is 0.567. The highest BCUT2D eigenvalue weighted by atomic mass is 14.8. The van der Waals surface area contributed by atoms with Crippen molar-refractivity contribution in [2.75, 3.05) is 13.6 Å². The number of allylic oxidation sites excluding steroid dienone is 1. The molecule has 0 amide bonds. The summed E-state index contributed by atoms with van der Waals surface area (Å²) in [4.78, 5) is 0. The molecule has 0 radical (unpaired) electrons. The van der Waals surface area contributed by atoms with E-state index in [-0.39, 0.29) is 0 Å². The van der Waals surface area contributed by atoms with Crippen LogP contribution in [0.1, 0.15) is 19.8 Å². The molecule has 0 bridgehead atoms. The molecule has 0 rings (SSSR count). The van der Waals surface area contributed by atoms with E-state index in [1.54, 1.807) is 0 Å². The molecule has 8 heavy (non-hydrogen) atoms. The highest BCUT2D eigenvalue weighted by Crippen LogP contribution is 1.97. The first-order valence-corrected chi connectivity index (χ1v) is 3.06. The van der Waals surface area contributed by atoms with Crippen LogP contribution in [0.15, 0.2) is 12.2 Å². The lowest BCUT2D eigenvalue weighted by Gasteiger charge is -1.96. The van der Waals surface area contributed by atoms with Crippen LogP contribution < -0.4 is 5.32 Å². The van der Waals surface area contributed by atoms with Crippen molar-refractivity contribution < 1.29 is 0 Å². The van der Waals surface area contributed by atoms with Gasteiger partial charge in [-0.25, -0.2) is 0 Å². The Labute approximate surface area is 51.8 Å². The smallest absolute Gasteiger partial charge is 0.00489 e. The Morgan fingerprint density at radius 2 is 2.25 bits per heavy atom. The zero-order valence-corrected chi connectivity index (χ0v) is 5.83. The molecule has 1 nitrogen and oxygen atoms in total. The van der Waals surface area contributed by atoms with E-state index in [1.165, 1.54) is 12.0 Å². The van der Waals surface area contributed by atoms with Crippen LogP contribution in [0.5, 0.6) is 0 Å². The molecule has 1 heteroatoms. The van der Waals surface area contributed by atoms with E-state index in [0.717, 1.165) is 13.0 Å². The molecule has 0 heterocycles. The second kappa shape index (κ2) is 4.85. The van der Waals surface area contributed by atoms with Gasteiger partial charge in [0.05, 0.1) is 0 Å². The molecule has 1 N–H and O–H groups in total. The van der Waals surface area contributed by atoms with Gasteiger partial charge >= 0.3 is 0 Å². The van der Waals surface area contributed by atoms with Crippen LogP contribution in [0, 0.1) is 0 Å². The van der Waals surface area contributed by atoms with Crippen molar-refractivity contribution in [3.8, 4) is 0 Å². The van der Waals surface area contributed by atoms with Crippen LogP contribution in [0.4, 0.5) is 0 Å². The lowest BCUT2D eigenvalue weighted by Crippen LogP contribution is -2.06. The van der Waals surface area contributed by atoms with Crippen LogP contribution in [-0.2, 0) is 0 Å². The van der Waals surface area contributed by atoms with Gasteiger partial charge in [-0.1, -0.05) is 5.57 Å². The molecule has 0 saturated heterocycles. The summed E-state index contributed by atoms with van der Waals surface area (Å²) < 4.78 is 0. The van der Waals surface area contributed by atoms with Gasteiger partial charge in [0.25, 0.3) is 0 Å². The minimum atomic E-state index is 1.10. The zero-order chi connectivity index (χ0) is 6.41. The lowest BCUT2D eigenvalue weighted by molar-refractivity contribution is 0.722. The molecule has 48 valence electrons. The third-order valence-corrected chi connectivity index (χ3v) is 1.03. The summed E-state index contributed by atoms with van der Waals surface area (Å²) in [5.41, 5.74) is 1.28. The summed E-state index contributed by atoms with van der Waals surface area (Å²) in [6.45, 7) is 6.97. The van der Waals surface area contributed by atoms with E-state index >= 15 is 0 Å². The Morgan fingerprint density at radius 3 is 2.62 bits per heavy atom. The molecule has 0 atom stereocenters. The number of hydrogen-bond donors (Lipinski definition) is 1. The van der Waals surface area contributed by atoms with Gasteiger partial charge in [0.1, 0.15) is 0 Å². The largest absolute Gasteiger partial charge is 0.320 e. The van der Waals surface area contributed by atoms with E-state index in [9.17, 15) is 0 Å². The monoisotopic (exact) mass is 113 g/mol. The van der Waals surface area contributed by atoms with Crippen molar-refractivity contribution >= 4 is 0 Å². The Bertz CT molecular complexity index is 66.8. The summed E-state index contributed by atoms with van der Waals surface area (Å²) in [6, 6.07) is 0. The first-order valence-electron chi connectivity index (χ1n) is 3.06. The number of rotatable bonds is 4. The summed E-state index contributed by atoms with van der Waals surface area (Å²) in [7, 11) is 1.97. The predicted molar refractivity (Wildman–Crippen MR) is 38.0 cm³/mol. The van der Waals surface area contributed by atoms with Gasteiger partial charge in [-0.15, -0.1) is 6.58 Å². The molecular formula is C7H15N. The van der Waals surface area contributed by atoms with Crippen LogP contribution in [0.3, 0.4) is 0 Å². The standard InChI is InChI=1S/C7H15N/c1-7(2)5-4-6-8-3/h8H,1,4-6H2,2-3H3. The number of nitrogens with one attached hydrogen (secondary N) is 1. The van der Waals surface area contributed by atoms with Crippen LogP contribution >= 0.6 is 0 Å². The molecule has 0 aliphatic heterocycles. The third kappa shape index (κ3) is 5.70. The fourth-order valence-electron chi connectivity index (χ4n) is 0.567. The summed E-state index contributed by atoms with van der Waals surface area (Å²) in [5.74, 6) is 0. The second-order valence-corrected chi connectivity index (χ2v) is 2.16. The minimum absolute atomic E-state index is 1.10. The van der Waals surface area contributed by atoms with Crippen molar-refractivity contribution in [3.63, 3.8) is 0 Å². The number of hydrogen-bond acceptors (Lipinski definition) is 1. The molecule has 0 aromatic carbocycles. The first-order chi connectivity index (χ1) is 3.77. The molecule has 0 spiro atoms. The van der Waals surface area contributed by atoms with E-state index in [2.05, 4.69) is 18.8 Å². The van der Waals surface area contributed by atoms with Gasteiger partial charge in [0.2, 0.25) is 0 Å². The maximum Gasteiger partial charge on any atom is -0.00489 e. The molecular weight excluding hydrogens is 98.1 g/mol. The van der Waals surface area contributed by atoms with Gasteiger partial charge in [-0.05, 0) is 33.4 Å². The Balaban J connectivity index is 2.82. The topological polar surface area (TPSA) is 12.0 Å². The van der Waals surface area contributed by atoms with E-state index in [4.69, 9.17) is 0 Å². The summed E-state index contributed by atoms with van der Waals surface area (Å²) in [6.07, 6.45) is 2.37. The van der Waals surface area contributed by atoms with Gasteiger partial charge in [0.15, 0.2) is 0 Å². The quantitative estimate of drug-likeness (QED) is 0.431. The van der Waals surface area contributed by atoms with Gasteiger partial charge in [0, 0.05) is 0 Å². The highest BCUT2D eigenvalue weighted by molar-refractivity contribution is 4.87. The van der Waals surface area contributed by atoms with Crippen LogP contribution in [0.2, 0.25) is 0 Å². The van der Waals surface area contributed by atoms with Crippen LogP contribution in [-0.4, -0.2) is 13.6 Å². The maximum atomic E-state index is 3.80. The van der Waals surface area contributed by atoms with Crippen molar-refractivity contribution in [1.29, 1.82) is 0 Å². The van der Waals surface area contributed by atoms with Crippen molar-refractivity contribution in [3.05, 3.63) is 12.2 Å². The van der Waals surface area contributed by atoms with E-state index in [0.29, 0.717) is 0 Å². The molecule has 0 fully saturated rings. The fraction of sp³-hybridized carbons (Fsp3) is 0.714. The normalized spacial score (nSPS) is 9.25. The Kier molecular flexibility index (Phi) is 4.67. The van der Waals surface area contributed by atoms with Gasteiger partial charge in [-0.2, -0.15) is 0 Å². The molecule has 0 unspecified atom stereocenters. The Morgan fingerprint density at radius 1 is 1.62 bits per heavy atom. The van der Waals surface area contributed by atoms with Gasteiger partial charge in [-0.3, -0.25) is 0 Å². The SMILES string of the molecule is C=C(C)CCCNC. The van der Waals surface area contributed by atoms with E-state index < -0.39 is 0 Å². The highest BCUT2D eigenvalue weighted by Gasteiger charge is 1.83. The van der Waals surface area contributed by atoms with E-state index in [1.807, 2.05) is 7.05 Å². The summed E-state index contributed by atoms with van der Waals surface area (Å²) >= 11 is 0.